The average molecular weight is 482 g/mol. The van der Waals surface area contributed by atoms with Crippen molar-refractivity contribution in [2.24, 2.45) is 5.14 Å². The van der Waals surface area contributed by atoms with Crippen LogP contribution in [0.25, 0.3) is 0 Å². The zero-order valence-corrected chi connectivity index (χ0v) is 19.1. The molecule has 10 heteroatoms. The monoisotopic (exact) mass is 481 g/mol. The smallest absolute Gasteiger partial charge is 0.255 e. The molecule has 34 heavy (non-hydrogen) atoms. The highest BCUT2D eigenvalue weighted by Gasteiger charge is 2.32. The Morgan fingerprint density at radius 2 is 1.71 bits per heavy atom. The number of ether oxygens (including phenoxy) is 2. The van der Waals surface area contributed by atoms with Crippen LogP contribution >= 0.6 is 0 Å². The summed E-state index contributed by atoms with van der Waals surface area (Å²) in [6.07, 6.45) is 0.102. The number of carbonyl (C=O) groups excluding carboxylic acids is 2. The third-order valence-electron chi connectivity index (χ3n) is 5.33. The number of nitrogens with two attached hydrogens (primary N) is 1. The standard InChI is InChI=1S/C24H23N3O6S/c1-32-22-12-11-20(34(25,30)31)14-21(22)24(29)26-16-13-23(28)27(15-16)17-7-9-19(10-8-17)33-18-5-3-2-4-6-18/h2-12,14,16H,13,15H2,1H3,(H,26,29)(H2,25,30,31). The van der Waals surface area contributed by atoms with Crippen molar-refractivity contribution in [3.8, 4) is 17.2 Å². The van der Waals surface area contributed by atoms with Gasteiger partial charge >= 0.3 is 0 Å². The second-order valence-electron chi connectivity index (χ2n) is 7.69. The number of nitrogens with zero attached hydrogens (tertiary/aromatic N) is 1. The largest absolute Gasteiger partial charge is 0.496 e. The van der Waals surface area contributed by atoms with E-state index in [1.54, 1.807) is 29.2 Å². The number of methoxy groups -OCH3 is 1. The van der Waals surface area contributed by atoms with E-state index in [0.29, 0.717) is 17.2 Å². The second kappa shape index (κ2) is 9.54. The topological polar surface area (TPSA) is 128 Å². The molecule has 2 amide bonds. The predicted molar refractivity (Wildman–Crippen MR) is 126 cm³/mol. The molecule has 0 radical (unpaired) electrons. The van der Waals surface area contributed by atoms with E-state index < -0.39 is 22.0 Å². The molecule has 0 spiro atoms. The summed E-state index contributed by atoms with van der Waals surface area (Å²) in [6.45, 7) is 0.265. The molecule has 9 nitrogen and oxygen atoms in total. The Morgan fingerprint density at radius 3 is 2.35 bits per heavy atom. The summed E-state index contributed by atoms with van der Waals surface area (Å²) in [5.41, 5.74) is 0.693. The van der Waals surface area contributed by atoms with Crippen LogP contribution in [0.4, 0.5) is 5.69 Å². The Labute approximate surface area is 197 Å². The molecule has 3 N–H and O–H groups in total. The van der Waals surface area contributed by atoms with E-state index >= 15 is 0 Å². The van der Waals surface area contributed by atoms with E-state index in [-0.39, 0.29) is 35.1 Å². The minimum atomic E-state index is -4.00. The number of hydrogen-bond donors (Lipinski definition) is 2. The highest BCUT2D eigenvalue weighted by Crippen LogP contribution is 2.28. The van der Waals surface area contributed by atoms with Crippen molar-refractivity contribution >= 4 is 27.5 Å². The number of hydrogen-bond acceptors (Lipinski definition) is 6. The van der Waals surface area contributed by atoms with E-state index in [0.717, 1.165) is 6.07 Å². The molecule has 0 bridgehead atoms. The van der Waals surface area contributed by atoms with Crippen molar-refractivity contribution in [3.05, 3.63) is 78.4 Å². The summed E-state index contributed by atoms with van der Waals surface area (Å²) in [4.78, 5) is 26.8. The molecule has 3 aromatic rings. The lowest BCUT2D eigenvalue weighted by atomic mass is 10.1. The van der Waals surface area contributed by atoms with Crippen molar-refractivity contribution in [2.75, 3.05) is 18.6 Å². The molecule has 0 aliphatic carbocycles. The van der Waals surface area contributed by atoms with Gasteiger partial charge in [-0.15, -0.1) is 0 Å². The summed E-state index contributed by atoms with van der Waals surface area (Å²) in [7, 11) is -2.63. The van der Waals surface area contributed by atoms with Gasteiger partial charge in [-0.1, -0.05) is 18.2 Å². The molecule has 1 atom stereocenters. The third kappa shape index (κ3) is 5.19. The summed E-state index contributed by atoms with van der Waals surface area (Å²) in [5, 5.41) is 7.96. The maximum Gasteiger partial charge on any atom is 0.255 e. The average Bonchev–Trinajstić information content (AvgIpc) is 3.19. The van der Waals surface area contributed by atoms with Gasteiger partial charge in [-0.25, -0.2) is 13.6 Å². The number of sulfonamides is 1. The Morgan fingerprint density at radius 1 is 1.03 bits per heavy atom. The van der Waals surface area contributed by atoms with Crippen LogP contribution in [0.2, 0.25) is 0 Å². The van der Waals surface area contributed by atoms with Gasteiger partial charge in [0.25, 0.3) is 5.91 Å². The Balaban J connectivity index is 1.44. The van der Waals surface area contributed by atoms with Gasteiger partial charge < -0.3 is 19.7 Å². The Bertz CT molecular complexity index is 1310. The third-order valence-corrected chi connectivity index (χ3v) is 6.24. The molecule has 1 fully saturated rings. The summed E-state index contributed by atoms with van der Waals surface area (Å²) >= 11 is 0. The van der Waals surface area contributed by atoms with E-state index in [2.05, 4.69) is 5.32 Å². The fourth-order valence-electron chi connectivity index (χ4n) is 3.68. The second-order valence-corrected chi connectivity index (χ2v) is 9.26. The van der Waals surface area contributed by atoms with E-state index in [1.165, 1.54) is 19.2 Å². The van der Waals surface area contributed by atoms with Gasteiger partial charge in [0, 0.05) is 18.7 Å². The fraction of sp³-hybridized carbons (Fsp3) is 0.167. The van der Waals surface area contributed by atoms with Crippen LogP contribution in [0, 0.1) is 0 Å². The van der Waals surface area contributed by atoms with Gasteiger partial charge in [-0.2, -0.15) is 0 Å². The number of carbonyl (C=O) groups is 2. The first-order valence-electron chi connectivity index (χ1n) is 10.4. The normalized spacial score (nSPS) is 15.8. The van der Waals surface area contributed by atoms with Crippen LogP contribution in [-0.2, 0) is 14.8 Å². The Kier molecular flexibility index (Phi) is 6.53. The fourth-order valence-corrected chi connectivity index (χ4v) is 4.22. The maximum atomic E-state index is 12.9. The van der Waals surface area contributed by atoms with Crippen molar-refractivity contribution in [2.45, 2.75) is 17.4 Å². The minimum Gasteiger partial charge on any atom is -0.496 e. The van der Waals surface area contributed by atoms with Crippen LogP contribution in [0.5, 0.6) is 17.2 Å². The first kappa shape index (κ1) is 23.3. The van der Waals surface area contributed by atoms with Gasteiger partial charge in [-0.05, 0) is 54.6 Å². The van der Waals surface area contributed by atoms with Gasteiger partial charge in [0.1, 0.15) is 17.2 Å². The van der Waals surface area contributed by atoms with Crippen molar-refractivity contribution in [1.29, 1.82) is 0 Å². The van der Waals surface area contributed by atoms with Crippen LogP contribution in [0.15, 0.2) is 77.7 Å². The summed E-state index contributed by atoms with van der Waals surface area (Å²) in [6, 6.07) is 19.7. The molecular weight excluding hydrogens is 458 g/mol. The number of primary sulfonamides is 1. The van der Waals surface area contributed by atoms with Crippen molar-refractivity contribution in [1.82, 2.24) is 5.32 Å². The lowest BCUT2D eigenvalue weighted by molar-refractivity contribution is -0.117. The molecule has 3 aromatic carbocycles. The number of anilines is 1. The zero-order chi connectivity index (χ0) is 24.3. The molecule has 4 rings (SSSR count). The molecule has 0 aromatic heterocycles. The molecule has 1 unspecified atom stereocenters. The van der Waals surface area contributed by atoms with E-state index in [1.807, 2.05) is 30.3 Å². The summed E-state index contributed by atoms with van der Waals surface area (Å²) < 4.78 is 34.3. The van der Waals surface area contributed by atoms with Crippen molar-refractivity contribution in [3.63, 3.8) is 0 Å². The van der Waals surface area contributed by atoms with Crippen LogP contribution < -0.4 is 24.8 Å². The SMILES string of the molecule is COc1ccc(S(N)(=O)=O)cc1C(=O)NC1CC(=O)N(c2ccc(Oc3ccccc3)cc2)C1. The summed E-state index contributed by atoms with van der Waals surface area (Å²) in [5.74, 6) is 0.825. The Hall–Kier alpha value is -3.89. The van der Waals surface area contributed by atoms with Crippen LogP contribution in [0.1, 0.15) is 16.8 Å². The van der Waals surface area contributed by atoms with Gasteiger partial charge in [0.05, 0.1) is 23.6 Å². The number of benzene rings is 3. The van der Waals surface area contributed by atoms with E-state index in [9.17, 15) is 18.0 Å². The lowest BCUT2D eigenvalue weighted by Crippen LogP contribution is -2.37. The first-order valence-corrected chi connectivity index (χ1v) is 11.9. The lowest BCUT2D eigenvalue weighted by Gasteiger charge is -2.18. The van der Waals surface area contributed by atoms with Crippen LogP contribution in [0.3, 0.4) is 0 Å². The molecular formula is C24H23N3O6S. The highest BCUT2D eigenvalue weighted by atomic mass is 32.2. The predicted octanol–water partition coefficient (Wildman–Crippen LogP) is 2.67. The number of rotatable bonds is 7. The van der Waals surface area contributed by atoms with Gasteiger partial charge in [0.15, 0.2) is 0 Å². The highest BCUT2D eigenvalue weighted by molar-refractivity contribution is 7.89. The number of amides is 2. The maximum absolute atomic E-state index is 12.9. The van der Waals surface area contributed by atoms with Gasteiger partial charge in [0.2, 0.25) is 15.9 Å². The van der Waals surface area contributed by atoms with Crippen LogP contribution in [-0.4, -0.2) is 39.9 Å². The molecule has 1 aliphatic rings. The quantitative estimate of drug-likeness (QED) is 0.534. The number of nitrogens with one attached hydrogen (secondary N) is 1. The minimum absolute atomic E-state index is 0.0161. The van der Waals surface area contributed by atoms with Crippen molar-refractivity contribution < 1.29 is 27.5 Å². The first-order chi connectivity index (χ1) is 16.2. The molecule has 0 saturated carbocycles. The molecule has 1 aliphatic heterocycles. The van der Waals surface area contributed by atoms with E-state index in [4.69, 9.17) is 14.6 Å². The van der Waals surface area contributed by atoms with Gasteiger partial charge in [-0.3, -0.25) is 9.59 Å². The molecule has 1 heterocycles. The number of para-hydroxylation sites is 1. The zero-order valence-electron chi connectivity index (χ0n) is 18.3. The molecule has 1 saturated heterocycles. The molecule has 176 valence electrons.